The molecule has 2 aromatic rings. The number of nitrogens with zero attached hydrogens (tertiary/aromatic N) is 3. The summed E-state index contributed by atoms with van der Waals surface area (Å²) in [6, 6.07) is 9.73. The van der Waals surface area contributed by atoms with E-state index in [1.807, 2.05) is 34.1 Å². The van der Waals surface area contributed by atoms with Gasteiger partial charge in [0.05, 0.1) is 12.2 Å². The van der Waals surface area contributed by atoms with E-state index in [1.165, 1.54) is 0 Å². The van der Waals surface area contributed by atoms with E-state index in [-0.39, 0.29) is 23.6 Å². The fourth-order valence-corrected chi connectivity index (χ4v) is 4.08. The molecule has 2 aliphatic heterocycles. The normalized spacial score (nSPS) is 19.8. The fourth-order valence-electron chi connectivity index (χ4n) is 4.08. The van der Waals surface area contributed by atoms with Crippen LogP contribution in [0.25, 0.3) is 0 Å². The lowest BCUT2D eigenvalue weighted by atomic mass is 9.96. The summed E-state index contributed by atoms with van der Waals surface area (Å²) in [6.07, 6.45) is 4.21. The third kappa shape index (κ3) is 4.36. The van der Waals surface area contributed by atoms with Gasteiger partial charge in [-0.1, -0.05) is 19.1 Å². The molecular formula is C23H28FN3O2. The van der Waals surface area contributed by atoms with Crippen LogP contribution in [0.4, 0.5) is 15.9 Å². The van der Waals surface area contributed by atoms with Crippen molar-refractivity contribution in [1.29, 1.82) is 0 Å². The molecule has 0 bridgehead atoms. The van der Waals surface area contributed by atoms with Gasteiger partial charge in [-0.05, 0) is 43.0 Å². The molecule has 154 valence electrons. The predicted octanol–water partition coefficient (Wildman–Crippen LogP) is 4.17. The highest BCUT2D eigenvalue weighted by Gasteiger charge is 2.29. The number of Topliss-reactive ketones (excluding diaryl/α,β-unsaturated/α-hetero) is 1. The summed E-state index contributed by atoms with van der Waals surface area (Å²) in [4.78, 5) is 19.6. The summed E-state index contributed by atoms with van der Waals surface area (Å²) in [6.45, 7) is 6.85. The molecular weight excluding hydrogens is 369 g/mol. The zero-order chi connectivity index (χ0) is 20.4. The van der Waals surface area contributed by atoms with Crippen molar-refractivity contribution in [3.63, 3.8) is 0 Å². The lowest BCUT2D eigenvalue weighted by molar-refractivity contribution is -0.117. The Morgan fingerprint density at radius 3 is 2.62 bits per heavy atom. The average molecular weight is 397 g/mol. The maximum absolute atomic E-state index is 14.9. The summed E-state index contributed by atoms with van der Waals surface area (Å²) in [7, 11) is 0. The number of rotatable bonds is 7. The Morgan fingerprint density at radius 2 is 1.97 bits per heavy atom. The van der Waals surface area contributed by atoms with Crippen LogP contribution in [0.2, 0.25) is 0 Å². The molecule has 1 aromatic heterocycles. The van der Waals surface area contributed by atoms with E-state index in [0.29, 0.717) is 24.5 Å². The molecule has 2 fully saturated rings. The summed E-state index contributed by atoms with van der Waals surface area (Å²) < 4.78 is 21.1. The van der Waals surface area contributed by atoms with E-state index in [1.54, 1.807) is 19.2 Å². The van der Waals surface area contributed by atoms with E-state index in [0.717, 1.165) is 43.8 Å². The zero-order valence-corrected chi connectivity index (χ0v) is 17.1. The van der Waals surface area contributed by atoms with E-state index in [4.69, 9.17) is 4.74 Å². The van der Waals surface area contributed by atoms with Gasteiger partial charge in [0.2, 0.25) is 0 Å². The second-order valence-corrected chi connectivity index (χ2v) is 8.16. The van der Waals surface area contributed by atoms with Crippen molar-refractivity contribution in [3.05, 3.63) is 47.9 Å². The van der Waals surface area contributed by atoms with Crippen molar-refractivity contribution in [2.75, 3.05) is 36.0 Å². The van der Waals surface area contributed by atoms with Crippen LogP contribution in [0, 0.1) is 5.82 Å². The standard InChI is InChI=1S/C23H28FN3O2/c1-16(14-17(2)28)18-4-6-19(7-5-18)29-20-9-13-27(15-20)21-8-10-25-23(22(21)24)26-11-3-12-26/h4-8,10,16,20H,3,9,11-15H2,1-2H3/t16-,20-/m1/s1. The van der Waals surface area contributed by atoms with Gasteiger partial charge >= 0.3 is 0 Å². The van der Waals surface area contributed by atoms with Crippen molar-refractivity contribution in [2.24, 2.45) is 0 Å². The van der Waals surface area contributed by atoms with E-state index >= 15 is 0 Å². The minimum absolute atomic E-state index is 0.0236. The third-order valence-corrected chi connectivity index (χ3v) is 5.84. The first-order valence-corrected chi connectivity index (χ1v) is 10.4. The van der Waals surface area contributed by atoms with Gasteiger partial charge in [0.15, 0.2) is 11.6 Å². The topological polar surface area (TPSA) is 45.7 Å². The maximum atomic E-state index is 14.9. The largest absolute Gasteiger partial charge is 0.489 e. The number of ketones is 1. The van der Waals surface area contributed by atoms with E-state index in [9.17, 15) is 9.18 Å². The quantitative estimate of drug-likeness (QED) is 0.702. The summed E-state index contributed by atoms with van der Waals surface area (Å²) in [5, 5.41) is 0. The number of benzene rings is 1. The number of hydrogen-bond acceptors (Lipinski definition) is 5. The number of aromatic nitrogens is 1. The first-order chi connectivity index (χ1) is 14.0. The van der Waals surface area contributed by atoms with Gasteiger partial charge in [-0.3, -0.25) is 0 Å². The molecule has 0 amide bonds. The van der Waals surface area contributed by atoms with Gasteiger partial charge < -0.3 is 19.3 Å². The van der Waals surface area contributed by atoms with Crippen LogP contribution >= 0.6 is 0 Å². The number of hydrogen-bond donors (Lipinski definition) is 0. The zero-order valence-electron chi connectivity index (χ0n) is 17.1. The van der Waals surface area contributed by atoms with Gasteiger partial charge in [-0.15, -0.1) is 0 Å². The molecule has 0 unspecified atom stereocenters. The van der Waals surface area contributed by atoms with Crippen molar-refractivity contribution < 1.29 is 13.9 Å². The number of carbonyl (C=O) groups excluding carboxylic acids is 1. The molecule has 0 N–H and O–H groups in total. The Labute approximate surface area is 171 Å². The summed E-state index contributed by atoms with van der Waals surface area (Å²) in [5.74, 6) is 1.46. The van der Waals surface area contributed by atoms with Crippen molar-refractivity contribution in [3.8, 4) is 5.75 Å². The molecule has 0 aliphatic carbocycles. The Bertz CT molecular complexity index is 867. The van der Waals surface area contributed by atoms with Gasteiger partial charge in [0, 0.05) is 38.7 Å². The number of pyridine rings is 1. The second kappa shape index (κ2) is 8.39. The molecule has 2 aliphatic rings. The van der Waals surface area contributed by atoms with Gasteiger partial charge in [-0.2, -0.15) is 0 Å². The van der Waals surface area contributed by atoms with Crippen LogP contribution in [0.1, 0.15) is 44.6 Å². The Hall–Kier alpha value is -2.63. The van der Waals surface area contributed by atoms with Crippen LogP contribution in [0.5, 0.6) is 5.75 Å². The molecule has 0 saturated carbocycles. The molecule has 3 heterocycles. The monoisotopic (exact) mass is 397 g/mol. The SMILES string of the molecule is CC(=O)C[C@@H](C)c1ccc(O[C@@H]2CCN(c3ccnc(N4CCC4)c3F)C2)cc1. The summed E-state index contributed by atoms with van der Waals surface area (Å²) >= 11 is 0. The van der Waals surface area contributed by atoms with E-state index in [2.05, 4.69) is 11.9 Å². The molecule has 5 nitrogen and oxygen atoms in total. The first-order valence-electron chi connectivity index (χ1n) is 10.4. The van der Waals surface area contributed by atoms with E-state index < -0.39 is 0 Å². The molecule has 0 radical (unpaired) electrons. The molecule has 6 heteroatoms. The van der Waals surface area contributed by atoms with Gasteiger partial charge in [-0.25, -0.2) is 9.37 Å². The molecule has 1 aromatic carbocycles. The molecule has 2 atom stereocenters. The Balaban J connectivity index is 1.37. The minimum Gasteiger partial charge on any atom is -0.489 e. The fraction of sp³-hybridized carbons (Fsp3) is 0.478. The van der Waals surface area contributed by atoms with Crippen LogP contribution in [-0.2, 0) is 4.79 Å². The second-order valence-electron chi connectivity index (χ2n) is 8.16. The van der Waals surface area contributed by atoms with Gasteiger partial charge in [0.1, 0.15) is 17.6 Å². The number of halogens is 1. The number of ether oxygens (including phenoxy) is 1. The van der Waals surface area contributed by atoms with Gasteiger partial charge in [0.25, 0.3) is 0 Å². The number of carbonyl (C=O) groups is 1. The molecule has 4 rings (SSSR count). The van der Waals surface area contributed by atoms with Crippen molar-refractivity contribution in [1.82, 2.24) is 4.98 Å². The van der Waals surface area contributed by atoms with Crippen LogP contribution in [-0.4, -0.2) is 43.1 Å². The third-order valence-electron chi connectivity index (χ3n) is 5.84. The minimum atomic E-state index is -0.225. The van der Waals surface area contributed by atoms with Crippen LogP contribution < -0.4 is 14.5 Å². The molecule has 29 heavy (non-hydrogen) atoms. The lowest BCUT2D eigenvalue weighted by Crippen LogP contribution is -2.38. The maximum Gasteiger partial charge on any atom is 0.188 e. The smallest absolute Gasteiger partial charge is 0.188 e. The van der Waals surface area contributed by atoms with Crippen molar-refractivity contribution in [2.45, 2.75) is 45.1 Å². The Morgan fingerprint density at radius 1 is 1.21 bits per heavy atom. The Kier molecular flexibility index (Phi) is 5.69. The highest BCUT2D eigenvalue weighted by atomic mass is 19.1. The highest BCUT2D eigenvalue weighted by molar-refractivity contribution is 5.76. The number of anilines is 2. The predicted molar refractivity (Wildman–Crippen MR) is 112 cm³/mol. The highest BCUT2D eigenvalue weighted by Crippen LogP contribution is 2.32. The van der Waals surface area contributed by atoms with Crippen molar-refractivity contribution >= 4 is 17.3 Å². The average Bonchev–Trinajstić information content (AvgIpc) is 3.10. The first kappa shape index (κ1) is 19.7. The van der Waals surface area contributed by atoms with Crippen LogP contribution in [0.15, 0.2) is 36.5 Å². The summed E-state index contributed by atoms with van der Waals surface area (Å²) in [5.41, 5.74) is 1.75. The lowest BCUT2D eigenvalue weighted by Gasteiger charge is -2.33. The molecule has 0 spiro atoms. The molecule has 2 saturated heterocycles. The van der Waals surface area contributed by atoms with Crippen LogP contribution in [0.3, 0.4) is 0 Å².